The van der Waals surface area contributed by atoms with Crippen LogP contribution in [0.25, 0.3) is 0 Å². The van der Waals surface area contributed by atoms with E-state index in [0.29, 0.717) is 5.92 Å². The van der Waals surface area contributed by atoms with E-state index in [1.165, 1.54) is 23.6 Å². The highest BCUT2D eigenvalue weighted by molar-refractivity contribution is 8.14. The minimum absolute atomic E-state index is 0.0194. The van der Waals surface area contributed by atoms with Gasteiger partial charge in [-0.05, 0) is 22.3 Å². The van der Waals surface area contributed by atoms with Crippen LogP contribution in [-0.4, -0.2) is 16.7 Å². The van der Waals surface area contributed by atoms with E-state index in [0.717, 1.165) is 22.9 Å². The van der Waals surface area contributed by atoms with Crippen molar-refractivity contribution in [2.45, 2.75) is 6.92 Å². The molecule has 0 aliphatic heterocycles. The first kappa shape index (κ1) is 14.5. The molecule has 0 saturated heterocycles. The lowest BCUT2D eigenvalue weighted by Crippen LogP contribution is -2.30. The fourth-order valence-corrected chi connectivity index (χ4v) is 4.19. The summed E-state index contributed by atoms with van der Waals surface area (Å²) in [6, 6.07) is 0. The zero-order valence-corrected chi connectivity index (χ0v) is 13.6. The van der Waals surface area contributed by atoms with Crippen molar-refractivity contribution < 1.29 is 9.59 Å². The highest BCUT2D eigenvalue weighted by Gasteiger charge is 2.38. The molecule has 2 unspecified atom stereocenters. The summed E-state index contributed by atoms with van der Waals surface area (Å²) in [5.41, 5.74) is 5.72. The van der Waals surface area contributed by atoms with Crippen molar-refractivity contribution in [2.24, 2.45) is 11.8 Å². The van der Waals surface area contributed by atoms with Gasteiger partial charge in [0.2, 0.25) is 0 Å². The molecule has 0 saturated carbocycles. The molecule has 0 bridgehead atoms. The van der Waals surface area contributed by atoms with Gasteiger partial charge in [0.1, 0.15) is 0 Å². The molecule has 0 aromatic heterocycles. The van der Waals surface area contributed by atoms with Crippen molar-refractivity contribution in [3.05, 3.63) is 82.5 Å². The fourth-order valence-electron chi connectivity index (χ4n) is 3.70. The summed E-state index contributed by atoms with van der Waals surface area (Å²) in [5.74, 6) is 0.791. The molecule has 0 amide bonds. The van der Waals surface area contributed by atoms with E-state index in [-0.39, 0.29) is 22.6 Å². The van der Waals surface area contributed by atoms with Crippen LogP contribution in [0.2, 0.25) is 0 Å². The molecule has 2 atom stereocenters. The summed E-state index contributed by atoms with van der Waals surface area (Å²) in [6.45, 7) is 1.50. The Morgan fingerprint density at radius 1 is 0.913 bits per heavy atom. The van der Waals surface area contributed by atoms with Gasteiger partial charge in [-0.3, -0.25) is 9.59 Å². The quantitative estimate of drug-likeness (QED) is 0.792. The highest BCUT2D eigenvalue weighted by atomic mass is 32.2. The molecule has 0 radical (unpaired) electrons. The summed E-state index contributed by atoms with van der Waals surface area (Å²) >= 11 is 1.08. The van der Waals surface area contributed by atoms with Gasteiger partial charge in [-0.2, -0.15) is 0 Å². The molecule has 23 heavy (non-hydrogen) atoms. The van der Waals surface area contributed by atoms with Crippen molar-refractivity contribution in [3.63, 3.8) is 0 Å². The molecule has 0 aromatic carbocycles. The number of allylic oxidation sites excluding steroid dienone is 14. The zero-order chi connectivity index (χ0) is 16.0. The van der Waals surface area contributed by atoms with E-state index in [9.17, 15) is 9.59 Å². The molecular weight excluding hydrogens is 304 g/mol. The minimum atomic E-state index is -0.0194. The lowest BCUT2D eigenvalue weighted by molar-refractivity contribution is -0.113. The van der Waals surface area contributed by atoms with Gasteiger partial charge >= 0.3 is 0 Å². The molecule has 114 valence electrons. The summed E-state index contributed by atoms with van der Waals surface area (Å²) in [4.78, 5) is 23.7. The van der Waals surface area contributed by atoms with Crippen molar-refractivity contribution >= 4 is 22.7 Å². The van der Waals surface area contributed by atoms with Gasteiger partial charge < -0.3 is 0 Å². The molecule has 0 N–H and O–H groups in total. The van der Waals surface area contributed by atoms with Crippen molar-refractivity contribution in [1.29, 1.82) is 0 Å². The van der Waals surface area contributed by atoms with Crippen LogP contribution in [0.3, 0.4) is 0 Å². The third kappa shape index (κ3) is 2.36. The summed E-state index contributed by atoms with van der Waals surface area (Å²) in [5, 5.41) is -0.0194. The number of hydrogen-bond donors (Lipinski definition) is 0. The van der Waals surface area contributed by atoms with E-state index < -0.39 is 0 Å². The zero-order valence-electron chi connectivity index (χ0n) is 12.8. The van der Waals surface area contributed by atoms with Crippen LogP contribution >= 0.6 is 11.8 Å². The number of Topliss-reactive ketones (excluding diaryl/α,β-unsaturated/α-hetero) is 1. The topological polar surface area (TPSA) is 34.1 Å². The van der Waals surface area contributed by atoms with Gasteiger partial charge in [-0.15, -0.1) is 0 Å². The molecule has 0 heterocycles. The van der Waals surface area contributed by atoms with Crippen LogP contribution in [0.1, 0.15) is 6.92 Å². The normalized spacial score (nSPS) is 26.4. The van der Waals surface area contributed by atoms with Gasteiger partial charge in [0, 0.05) is 24.3 Å². The molecule has 3 heteroatoms. The Kier molecular flexibility index (Phi) is 3.46. The van der Waals surface area contributed by atoms with Crippen molar-refractivity contribution in [1.82, 2.24) is 0 Å². The van der Waals surface area contributed by atoms with Crippen LogP contribution in [-0.2, 0) is 9.59 Å². The lowest BCUT2D eigenvalue weighted by atomic mass is 9.63. The van der Waals surface area contributed by atoms with Crippen LogP contribution in [0.5, 0.6) is 0 Å². The van der Waals surface area contributed by atoms with Crippen molar-refractivity contribution in [3.8, 4) is 0 Å². The standard InChI is InChI=1S/C20H16O2S/c1-12(21)23-11-18(22)16-9-7-15-6-5-13-3-2-4-14-8-10-17(16)20(15)19(13)14/h2-10,19-20H,11H2,1H3. The number of carbonyl (C=O) groups excluding carboxylic acids is 2. The Hall–Kier alpha value is -2.13. The first-order chi connectivity index (χ1) is 11.1. The van der Waals surface area contributed by atoms with Crippen LogP contribution in [0.15, 0.2) is 82.5 Å². The van der Waals surface area contributed by atoms with Gasteiger partial charge in [0.25, 0.3) is 0 Å². The Morgan fingerprint density at radius 3 is 2.39 bits per heavy atom. The van der Waals surface area contributed by atoms with Gasteiger partial charge in [0.15, 0.2) is 10.9 Å². The molecule has 4 aliphatic carbocycles. The number of ketones is 1. The highest BCUT2D eigenvalue weighted by Crippen LogP contribution is 2.49. The lowest BCUT2D eigenvalue weighted by Gasteiger charge is -2.40. The number of carbonyl (C=O) groups is 2. The smallest absolute Gasteiger partial charge is 0.186 e. The Labute approximate surface area is 139 Å². The first-order valence-electron chi connectivity index (χ1n) is 7.72. The Bertz CT molecular complexity index is 828. The predicted octanol–water partition coefficient (Wildman–Crippen LogP) is 3.87. The number of hydrogen-bond acceptors (Lipinski definition) is 3. The van der Waals surface area contributed by atoms with Gasteiger partial charge in [-0.25, -0.2) is 0 Å². The second kappa shape index (κ2) is 5.50. The first-order valence-corrected chi connectivity index (χ1v) is 8.70. The van der Waals surface area contributed by atoms with Crippen molar-refractivity contribution in [2.75, 3.05) is 5.75 Å². The molecule has 4 aliphatic rings. The molecule has 0 spiro atoms. The van der Waals surface area contributed by atoms with E-state index in [1.807, 2.05) is 6.08 Å². The molecule has 0 fully saturated rings. The van der Waals surface area contributed by atoms with E-state index in [2.05, 4.69) is 48.6 Å². The summed E-state index contributed by atoms with van der Waals surface area (Å²) < 4.78 is 0. The average molecular weight is 320 g/mol. The summed E-state index contributed by atoms with van der Waals surface area (Å²) in [7, 11) is 0. The maximum atomic E-state index is 12.5. The Balaban J connectivity index is 1.77. The van der Waals surface area contributed by atoms with Crippen LogP contribution < -0.4 is 0 Å². The SMILES string of the molecule is CC(=O)SCC(=O)C1=C2C=CC3=CC=CC4=CC=C(C=C1)C2C34. The van der Waals surface area contributed by atoms with Gasteiger partial charge in [0.05, 0.1) is 5.75 Å². The minimum Gasteiger partial charge on any atom is -0.293 e. The number of rotatable bonds is 3. The fraction of sp³-hybridized carbons (Fsp3) is 0.200. The third-order valence-corrected chi connectivity index (χ3v) is 5.52. The average Bonchev–Trinajstić information content (AvgIpc) is 2.57. The second-order valence-corrected chi connectivity index (χ2v) is 7.21. The summed E-state index contributed by atoms with van der Waals surface area (Å²) in [6.07, 6.45) is 18.9. The predicted molar refractivity (Wildman–Crippen MR) is 93.8 cm³/mol. The molecule has 0 aromatic rings. The second-order valence-electron chi connectivity index (χ2n) is 6.05. The molecular formula is C20H16O2S. The van der Waals surface area contributed by atoms with Gasteiger partial charge in [-0.1, -0.05) is 66.4 Å². The molecule has 2 nitrogen and oxygen atoms in total. The van der Waals surface area contributed by atoms with Crippen LogP contribution in [0, 0.1) is 11.8 Å². The van der Waals surface area contributed by atoms with E-state index in [4.69, 9.17) is 0 Å². The number of thioether (sulfide) groups is 1. The van der Waals surface area contributed by atoms with E-state index in [1.54, 1.807) is 0 Å². The largest absolute Gasteiger partial charge is 0.293 e. The molecule has 4 rings (SSSR count). The maximum Gasteiger partial charge on any atom is 0.186 e. The van der Waals surface area contributed by atoms with E-state index >= 15 is 0 Å². The third-order valence-electron chi connectivity index (χ3n) is 4.71. The van der Waals surface area contributed by atoms with Crippen LogP contribution in [0.4, 0.5) is 0 Å². The monoisotopic (exact) mass is 320 g/mol. The Morgan fingerprint density at radius 2 is 1.61 bits per heavy atom. The maximum absolute atomic E-state index is 12.5.